The maximum Gasteiger partial charge on any atom is 0.0695 e. The van der Waals surface area contributed by atoms with Crippen LogP contribution >= 0.6 is 11.8 Å². The summed E-state index contributed by atoms with van der Waals surface area (Å²) >= 11 is 2.07. The first-order chi connectivity index (χ1) is 6.79. The Kier molecular flexibility index (Phi) is 3.74. The van der Waals surface area contributed by atoms with Crippen LogP contribution in [0.1, 0.15) is 32.1 Å². The Morgan fingerprint density at radius 3 is 2.64 bits per heavy atom. The third kappa shape index (κ3) is 2.26. The van der Waals surface area contributed by atoms with Crippen LogP contribution in [0.5, 0.6) is 0 Å². The molecule has 0 aromatic carbocycles. The monoisotopic (exact) mass is 215 g/mol. The number of rotatable bonds is 2. The zero-order chi connectivity index (χ0) is 9.97. The van der Waals surface area contributed by atoms with E-state index in [1.54, 1.807) is 0 Å². The van der Waals surface area contributed by atoms with Crippen LogP contribution in [0, 0.1) is 0 Å². The van der Waals surface area contributed by atoms with Gasteiger partial charge in [0, 0.05) is 17.8 Å². The lowest BCUT2D eigenvalue weighted by atomic mass is 10.1. The van der Waals surface area contributed by atoms with Crippen molar-refractivity contribution in [1.29, 1.82) is 0 Å². The van der Waals surface area contributed by atoms with Gasteiger partial charge >= 0.3 is 0 Å². The smallest absolute Gasteiger partial charge is 0.0695 e. The second-order valence-electron chi connectivity index (χ2n) is 4.60. The van der Waals surface area contributed by atoms with Gasteiger partial charge in [-0.15, -0.1) is 0 Å². The predicted octanol–water partition coefficient (Wildman–Crippen LogP) is 1.73. The lowest BCUT2D eigenvalue weighted by Crippen LogP contribution is -2.46. The molecule has 0 bridgehead atoms. The van der Waals surface area contributed by atoms with Crippen molar-refractivity contribution in [1.82, 2.24) is 4.90 Å². The molecule has 1 saturated heterocycles. The summed E-state index contributed by atoms with van der Waals surface area (Å²) in [6.07, 6.45) is 6.02. The molecule has 82 valence electrons. The maximum atomic E-state index is 9.84. The van der Waals surface area contributed by atoms with Crippen molar-refractivity contribution in [3.05, 3.63) is 0 Å². The van der Waals surface area contributed by atoms with Crippen LogP contribution in [-0.4, -0.2) is 46.7 Å². The number of likely N-dealkylation sites (N-methyl/N-ethyl adjacent to an activating group) is 1. The molecule has 2 fully saturated rings. The van der Waals surface area contributed by atoms with E-state index in [1.807, 2.05) is 0 Å². The molecule has 0 amide bonds. The highest BCUT2D eigenvalue weighted by molar-refractivity contribution is 7.99. The predicted molar refractivity (Wildman–Crippen MR) is 61.8 cm³/mol. The SMILES string of the molecule is CN(C1CCCSC1)[C@@H]1CCC[C@H]1O. The zero-order valence-corrected chi connectivity index (χ0v) is 9.80. The average molecular weight is 215 g/mol. The summed E-state index contributed by atoms with van der Waals surface area (Å²) in [4.78, 5) is 2.45. The summed E-state index contributed by atoms with van der Waals surface area (Å²) in [5.74, 6) is 2.59. The lowest BCUT2D eigenvalue weighted by molar-refractivity contribution is 0.0638. The van der Waals surface area contributed by atoms with Crippen molar-refractivity contribution < 1.29 is 5.11 Å². The van der Waals surface area contributed by atoms with Crippen molar-refractivity contribution in [2.24, 2.45) is 0 Å². The molecule has 1 unspecified atom stereocenters. The lowest BCUT2D eigenvalue weighted by Gasteiger charge is -2.36. The third-order valence-electron chi connectivity index (χ3n) is 3.68. The van der Waals surface area contributed by atoms with Gasteiger partial charge in [-0.05, 0) is 44.9 Å². The molecule has 1 N–H and O–H groups in total. The molecule has 14 heavy (non-hydrogen) atoms. The van der Waals surface area contributed by atoms with E-state index in [4.69, 9.17) is 0 Å². The Balaban J connectivity index is 1.89. The van der Waals surface area contributed by atoms with Gasteiger partial charge < -0.3 is 5.11 Å². The van der Waals surface area contributed by atoms with Crippen LogP contribution in [0.25, 0.3) is 0 Å². The normalized spacial score (nSPS) is 39.2. The van der Waals surface area contributed by atoms with Gasteiger partial charge in [0.15, 0.2) is 0 Å². The van der Waals surface area contributed by atoms with Crippen molar-refractivity contribution in [3.8, 4) is 0 Å². The molecule has 2 rings (SSSR count). The Morgan fingerprint density at radius 1 is 1.21 bits per heavy atom. The Bertz CT molecular complexity index is 182. The second-order valence-corrected chi connectivity index (χ2v) is 5.75. The first kappa shape index (κ1) is 10.8. The fourth-order valence-electron chi connectivity index (χ4n) is 2.71. The molecule has 3 heteroatoms. The summed E-state index contributed by atoms with van der Waals surface area (Å²) in [6.45, 7) is 0. The Morgan fingerprint density at radius 2 is 2.07 bits per heavy atom. The van der Waals surface area contributed by atoms with E-state index in [9.17, 15) is 5.11 Å². The maximum absolute atomic E-state index is 9.84. The quantitative estimate of drug-likeness (QED) is 0.759. The Labute approximate surface area is 91.1 Å². The van der Waals surface area contributed by atoms with E-state index >= 15 is 0 Å². The van der Waals surface area contributed by atoms with Gasteiger partial charge in [0.2, 0.25) is 0 Å². The van der Waals surface area contributed by atoms with Gasteiger partial charge in [0.1, 0.15) is 0 Å². The molecule has 2 aliphatic rings. The molecule has 0 spiro atoms. The molecule has 0 radical (unpaired) electrons. The van der Waals surface area contributed by atoms with Gasteiger partial charge in [-0.1, -0.05) is 0 Å². The van der Waals surface area contributed by atoms with Crippen molar-refractivity contribution in [3.63, 3.8) is 0 Å². The van der Waals surface area contributed by atoms with Gasteiger partial charge in [-0.25, -0.2) is 0 Å². The number of thioether (sulfide) groups is 1. The van der Waals surface area contributed by atoms with Gasteiger partial charge in [-0.2, -0.15) is 11.8 Å². The summed E-state index contributed by atoms with van der Waals surface area (Å²) in [7, 11) is 2.20. The van der Waals surface area contributed by atoms with Crippen LogP contribution < -0.4 is 0 Å². The average Bonchev–Trinajstić information content (AvgIpc) is 2.65. The second kappa shape index (κ2) is 4.86. The molecule has 1 aliphatic carbocycles. The highest BCUT2D eigenvalue weighted by Gasteiger charge is 2.32. The van der Waals surface area contributed by atoms with Gasteiger partial charge in [-0.3, -0.25) is 4.90 Å². The number of hydrogen-bond acceptors (Lipinski definition) is 3. The molecule has 1 aliphatic heterocycles. The van der Waals surface area contributed by atoms with Crippen molar-refractivity contribution >= 4 is 11.8 Å². The molecule has 1 saturated carbocycles. The number of aliphatic hydroxyl groups is 1. The van der Waals surface area contributed by atoms with Gasteiger partial charge in [0.05, 0.1) is 6.10 Å². The van der Waals surface area contributed by atoms with Crippen LogP contribution in [0.4, 0.5) is 0 Å². The molecule has 3 atom stereocenters. The standard InChI is InChI=1S/C11H21NOS/c1-12(9-4-3-7-14-8-9)10-5-2-6-11(10)13/h9-11,13H,2-8H2,1H3/t9?,10-,11-/m1/s1. The third-order valence-corrected chi connectivity index (χ3v) is 4.88. The van der Waals surface area contributed by atoms with E-state index in [0.717, 1.165) is 6.42 Å². The highest BCUT2D eigenvalue weighted by Crippen LogP contribution is 2.28. The van der Waals surface area contributed by atoms with E-state index in [0.29, 0.717) is 12.1 Å². The highest BCUT2D eigenvalue weighted by atomic mass is 32.2. The fraction of sp³-hybridized carbons (Fsp3) is 1.00. The van der Waals surface area contributed by atoms with E-state index < -0.39 is 0 Å². The summed E-state index contributed by atoms with van der Waals surface area (Å²) < 4.78 is 0. The zero-order valence-electron chi connectivity index (χ0n) is 8.98. The summed E-state index contributed by atoms with van der Waals surface area (Å²) in [5.41, 5.74) is 0. The topological polar surface area (TPSA) is 23.5 Å². The van der Waals surface area contributed by atoms with Crippen LogP contribution in [-0.2, 0) is 0 Å². The minimum atomic E-state index is -0.0630. The van der Waals surface area contributed by atoms with E-state index in [-0.39, 0.29) is 6.10 Å². The summed E-state index contributed by atoms with van der Waals surface area (Å²) in [5, 5.41) is 9.84. The molecule has 2 nitrogen and oxygen atoms in total. The largest absolute Gasteiger partial charge is 0.391 e. The van der Waals surface area contributed by atoms with E-state index in [2.05, 4.69) is 23.7 Å². The van der Waals surface area contributed by atoms with Gasteiger partial charge in [0.25, 0.3) is 0 Å². The van der Waals surface area contributed by atoms with Crippen molar-refractivity contribution in [2.75, 3.05) is 18.6 Å². The van der Waals surface area contributed by atoms with Crippen molar-refractivity contribution in [2.45, 2.75) is 50.3 Å². The molecule has 0 aromatic rings. The minimum absolute atomic E-state index is 0.0630. The Hall–Kier alpha value is 0.270. The molecule has 1 heterocycles. The minimum Gasteiger partial charge on any atom is -0.391 e. The first-order valence-electron chi connectivity index (χ1n) is 5.77. The van der Waals surface area contributed by atoms with Crippen LogP contribution in [0.3, 0.4) is 0 Å². The van der Waals surface area contributed by atoms with Crippen LogP contribution in [0.2, 0.25) is 0 Å². The molecular weight excluding hydrogens is 194 g/mol. The summed E-state index contributed by atoms with van der Waals surface area (Å²) in [6, 6.07) is 1.16. The first-order valence-corrected chi connectivity index (χ1v) is 6.92. The fourth-order valence-corrected chi connectivity index (χ4v) is 3.92. The van der Waals surface area contributed by atoms with Crippen LogP contribution in [0.15, 0.2) is 0 Å². The molecular formula is C11H21NOS. The van der Waals surface area contributed by atoms with E-state index in [1.165, 1.54) is 37.2 Å². The molecule has 0 aromatic heterocycles. The number of hydrogen-bond donors (Lipinski definition) is 1. The number of nitrogens with zero attached hydrogens (tertiary/aromatic N) is 1. The number of aliphatic hydroxyl groups excluding tert-OH is 1.